The molecule has 0 aliphatic heterocycles. The average Bonchev–Trinajstić information content (AvgIpc) is 2.04. The highest BCUT2D eigenvalue weighted by Gasteiger charge is 1.98. The van der Waals surface area contributed by atoms with E-state index in [9.17, 15) is 4.55 Å². The average molecular weight is 174 g/mol. The van der Waals surface area contributed by atoms with E-state index in [1.807, 2.05) is 0 Å². The van der Waals surface area contributed by atoms with Crippen LogP contribution in [0.2, 0.25) is 0 Å². The minimum absolute atomic E-state index is 0.769. The molecule has 0 radical (unpaired) electrons. The predicted octanol–water partition coefficient (Wildman–Crippen LogP) is 2.85. The zero-order valence-electron chi connectivity index (χ0n) is 7.34. The molecule has 66 valence electrons. The van der Waals surface area contributed by atoms with Gasteiger partial charge in [-0.3, -0.25) is 0 Å². The molecule has 0 aliphatic rings. The third kappa shape index (κ3) is 7.95. The van der Waals surface area contributed by atoms with E-state index in [1.54, 1.807) is 0 Å². The lowest BCUT2D eigenvalue weighted by Gasteiger charge is -2.03. The first-order chi connectivity index (χ1) is 5.31. The van der Waals surface area contributed by atoms with Crippen molar-refractivity contribution in [2.45, 2.75) is 39.0 Å². The molecule has 0 fully saturated rings. The molecule has 1 unspecified atom stereocenters. The van der Waals surface area contributed by atoms with E-state index in [1.165, 1.54) is 31.1 Å². The summed E-state index contributed by atoms with van der Waals surface area (Å²) in [5, 5.41) is 1.53. The van der Waals surface area contributed by atoms with Gasteiger partial charge in [0.1, 0.15) is 11.2 Å². The lowest BCUT2D eigenvalue weighted by Crippen LogP contribution is -2.01. The lowest BCUT2D eigenvalue weighted by molar-refractivity contribution is 0.594. The van der Waals surface area contributed by atoms with Gasteiger partial charge in [-0.25, -0.2) is 0 Å². The van der Waals surface area contributed by atoms with Crippen LogP contribution in [-0.4, -0.2) is 10.3 Å². The van der Waals surface area contributed by atoms with Crippen molar-refractivity contribution in [3.63, 3.8) is 0 Å². The summed E-state index contributed by atoms with van der Waals surface area (Å²) in [5.74, 6) is 0.799. The normalized spacial score (nSPS) is 12.9. The molecule has 0 rings (SSSR count). The van der Waals surface area contributed by atoms with Gasteiger partial charge in [-0.1, -0.05) is 32.8 Å². The van der Waals surface area contributed by atoms with Crippen LogP contribution in [0.15, 0.2) is 12.0 Å². The predicted molar refractivity (Wildman–Crippen MR) is 52.0 cm³/mol. The van der Waals surface area contributed by atoms with Gasteiger partial charge in [0.15, 0.2) is 0 Å². The Morgan fingerprint density at radius 2 is 1.91 bits per heavy atom. The maximum absolute atomic E-state index is 10.8. The Morgan fingerprint density at radius 1 is 1.27 bits per heavy atom. The Morgan fingerprint density at radius 3 is 2.45 bits per heavy atom. The Kier molecular flexibility index (Phi) is 8.19. The first-order valence-electron chi connectivity index (χ1n) is 4.31. The molecule has 0 aromatic carbocycles. The number of unbranched alkanes of at least 4 members (excludes halogenated alkanes) is 4. The van der Waals surface area contributed by atoms with Crippen molar-refractivity contribution in [3.05, 3.63) is 12.0 Å². The van der Waals surface area contributed by atoms with Gasteiger partial charge < -0.3 is 4.55 Å². The van der Waals surface area contributed by atoms with Gasteiger partial charge in [-0.05, 0) is 24.0 Å². The summed E-state index contributed by atoms with van der Waals surface area (Å²) in [7, 11) is 0. The molecule has 1 atom stereocenters. The van der Waals surface area contributed by atoms with Gasteiger partial charge in [-0.15, -0.1) is 0 Å². The zero-order valence-corrected chi connectivity index (χ0v) is 8.16. The Hall–Kier alpha value is 0.0500. The molecule has 2 heteroatoms. The first kappa shape index (κ1) is 11.1. The van der Waals surface area contributed by atoms with Crippen LogP contribution in [0.1, 0.15) is 39.0 Å². The van der Waals surface area contributed by atoms with Gasteiger partial charge in [0, 0.05) is 0 Å². The van der Waals surface area contributed by atoms with Gasteiger partial charge in [-0.2, -0.15) is 0 Å². The number of rotatable bonds is 7. The Labute approximate surface area is 73.1 Å². The van der Waals surface area contributed by atoms with Crippen molar-refractivity contribution in [3.8, 4) is 0 Å². The van der Waals surface area contributed by atoms with E-state index >= 15 is 0 Å². The van der Waals surface area contributed by atoms with Crippen molar-refractivity contribution >= 4 is 11.2 Å². The van der Waals surface area contributed by atoms with Crippen LogP contribution in [0.5, 0.6) is 0 Å². The summed E-state index contributed by atoms with van der Waals surface area (Å²) in [6.45, 7) is 5.67. The Bertz CT molecular complexity index is 93.6. The molecule has 0 saturated heterocycles. The first-order valence-corrected chi connectivity index (χ1v) is 5.69. The highest BCUT2D eigenvalue weighted by molar-refractivity contribution is 7.94. The molecule has 0 aromatic heterocycles. The summed E-state index contributed by atoms with van der Waals surface area (Å²) in [6, 6.07) is 0. The number of hydrogen-bond donors (Lipinski definition) is 0. The molecule has 0 aromatic rings. The molecule has 0 saturated carbocycles. The smallest absolute Gasteiger partial charge is 0.110 e. The van der Waals surface area contributed by atoms with Crippen molar-refractivity contribution < 1.29 is 4.55 Å². The summed E-state index contributed by atoms with van der Waals surface area (Å²) < 4.78 is 10.8. The van der Waals surface area contributed by atoms with E-state index in [0.717, 1.165) is 12.2 Å². The summed E-state index contributed by atoms with van der Waals surface area (Å²) in [5.41, 5.74) is 0. The van der Waals surface area contributed by atoms with Crippen molar-refractivity contribution in [2.75, 3.05) is 5.75 Å². The van der Waals surface area contributed by atoms with E-state index in [-0.39, 0.29) is 0 Å². The topological polar surface area (TPSA) is 23.1 Å². The van der Waals surface area contributed by atoms with Crippen molar-refractivity contribution in [1.82, 2.24) is 0 Å². The third-order valence-corrected chi connectivity index (χ3v) is 2.70. The lowest BCUT2D eigenvalue weighted by atomic mass is 10.2. The fourth-order valence-electron chi connectivity index (χ4n) is 0.931. The van der Waals surface area contributed by atoms with Crippen molar-refractivity contribution in [1.29, 1.82) is 0 Å². The van der Waals surface area contributed by atoms with E-state index in [2.05, 4.69) is 13.5 Å². The van der Waals surface area contributed by atoms with Crippen LogP contribution in [0.25, 0.3) is 0 Å². The summed E-state index contributed by atoms with van der Waals surface area (Å²) in [4.78, 5) is 0. The maximum Gasteiger partial charge on any atom is 0.110 e. The second-order valence-electron chi connectivity index (χ2n) is 2.67. The fraction of sp³-hybridized carbons (Fsp3) is 0.778. The van der Waals surface area contributed by atoms with Crippen LogP contribution in [0, 0.1) is 0 Å². The molecule has 0 bridgehead atoms. The van der Waals surface area contributed by atoms with Crippen LogP contribution in [-0.2, 0) is 11.2 Å². The van der Waals surface area contributed by atoms with Crippen LogP contribution >= 0.6 is 0 Å². The third-order valence-electron chi connectivity index (χ3n) is 1.63. The quantitative estimate of drug-likeness (QED) is 0.430. The van der Waals surface area contributed by atoms with Gasteiger partial charge in [0.05, 0.1) is 0 Å². The minimum Gasteiger partial charge on any atom is -0.612 e. The van der Waals surface area contributed by atoms with Gasteiger partial charge in [0.25, 0.3) is 0 Å². The second-order valence-corrected chi connectivity index (χ2v) is 4.17. The summed E-state index contributed by atoms with van der Waals surface area (Å²) in [6.07, 6.45) is 6.15. The van der Waals surface area contributed by atoms with E-state index in [0.29, 0.717) is 0 Å². The maximum atomic E-state index is 10.8. The summed E-state index contributed by atoms with van der Waals surface area (Å²) >= 11 is -0.769. The van der Waals surface area contributed by atoms with Crippen LogP contribution < -0.4 is 0 Å². The Balaban J connectivity index is 2.95. The van der Waals surface area contributed by atoms with Crippen molar-refractivity contribution in [2.24, 2.45) is 0 Å². The number of hydrogen-bond acceptors (Lipinski definition) is 1. The van der Waals surface area contributed by atoms with Crippen LogP contribution in [0.3, 0.4) is 0 Å². The molecule has 0 heterocycles. The molecular weight excluding hydrogens is 156 g/mol. The highest BCUT2D eigenvalue weighted by Crippen LogP contribution is 2.04. The molecule has 0 amide bonds. The van der Waals surface area contributed by atoms with E-state index < -0.39 is 11.2 Å². The molecular formula is C9H18OS. The zero-order chi connectivity index (χ0) is 8.53. The minimum atomic E-state index is -0.769. The van der Waals surface area contributed by atoms with Gasteiger partial charge >= 0.3 is 0 Å². The van der Waals surface area contributed by atoms with E-state index in [4.69, 9.17) is 0 Å². The highest BCUT2D eigenvalue weighted by atomic mass is 32.2. The molecule has 0 spiro atoms. The second kappa shape index (κ2) is 8.15. The SMILES string of the molecule is C=C[S+]([O-])CCCCCCC. The molecule has 1 nitrogen and oxygen atoms in total. The van der Waals surface area contributed by atoms with Gasteiger partial charge in [0.2, 0.25) is 0 Å². The standard InChI is InChI=1S/C9H18OS/c1-3-5-6-7-8-9-11(10)4-2/h4H,2-3,5-9H2,1H3. The molecule has 0 aliphatic carbocycles. The molecule has 11 heavy (non-hydrogen) atoms. The monoisotopic (exact) mass is 174 g/mol. The fourth-order valence-corrected chi connectivity index (χ4v) is 1.59. The largest absolute Gasteiger partial charge is 0.612 e. The van der Waals surface area contributed by atoms with Crippen LogP contribution in [0.4, 0.5) is 0 Å². The molecule has 0 N–H and O–H groups in total.